The summed E-state index contributed by atoms with van der Waals surface area (Å²) in [5.74, 6) is 0.117. The monoisotopic (exact) mass is 358 g/mol. The summed E-state index contributed by atoms with van der Waals surface area (Å²) in [5, 5.41) is 0. The van der Waals surface area contributed by atoms with Crippen molar-refractivity contribution in [3.8, 4) is 18.1 Å². The molecule has 0 spiro atoms. The van der Waals surface area contributed by atoms with Gasteiger partial charge >= 0.3 is 0 Å². The number of rotatable bonds is 3. The smallest absolute Gasteiger partial charge is 0.285 e. The fourth-order valence-electron chi connectivity index (χ4n) is 2.43. The molecule has 0 bridgehead atoms. The molecule has 0 fully saturated rings. The Kier molecular flexibility index (Phi) is 4.63. The first-order valence-corrected chi connectivity index (χ1v) is 8.01. The Morgan fingerprint density at radius 1 is 1.28 bits per heavy atom. The van der Waals surface area contributed by atoms with E-state index in [1.54, 1.807) is 16.7 Å². The molecule has 4 nitrogen and oxygen atoms in total. The minimum Gasteiger partial charge on any atom is -0.495 e. The fourth-order valence-corrected chi connectivity index (χ4v) is 3.48. The van der Waals surface area contributed by atoms with Crippen LogP contribution in [-0.2, 0) is 6.54 Å². The van der Waals surface area contributed by atoms with Gasteiger partial charge in [-0.2, -0.15) is 4.99 Å². The van der Waals surface area contributed by atoms with Gasteiger partial charge in [-0.05, 0) is 24.3 Å². The molecule has 0 aliphatic rings. The summed E-state index contributed by atoms with van der Waals surface area (Å²) < 4.78 is 35.3. The van der Waals surface area contributed by atoms with Gasteiger partial charge in [-0.1, -0.05) is 29.4 Å². The zero-order chi connectivity index (χ0) is 18.0. The molecule has 7 heteroatoms. The average Bonchev–Trinajstić information content (AvgIpc) is 2.92. The summed E-state index contributed by atoms with van der Waals surface area (Å²) in [5.41, 5.74) is -0.0207. The second-order valence-electron chi connectivity index (χ2n) is 5.00. The molecule has 0 aliphatic heterocycles. The highest BCUT2D eigenvalue weighted by Crippen LogP contribution is 2.27. The molecule has 1 heterocycles. The molecule has 3 rings (SSSR count). The summed E-state index contributed by atoms with van der Waals surface area (Å²) in [6.45, 7) is 0.131. The van der Waals surface area contributed by atoms with Crippen LogP contribution >= 0.6 is 11.3 Å². The van der Waals surface area contributed by atoms with E-state index in [0.717, 1.165) is 16.8 Å². The van der Waals surface area contributed by atoms with Crippen LogP contribution in [0.1, 0.15) is 10.4 Å². The van der Waals surface area contributed by atoms with Gasteiger partial charge in [0.05, 0.1) is 18.4 Å². The Bertz CT molecular complexity index is 1060. The van der Waals surface area contributed by atoms with E-state index in [1.807, 2.05) is 6.07 Å². The highest BCUT2D eigenvalue weighted by atomic mass is 32.1. The molecule has 0 aliphatic carbocycles. The largest absolute Gasteiger partial charge is 0.495 e. The molecule has 0 radical (unpaired) electrons. The van der Waals surface area contributed by atoms with Crippen LogP contribution < -0.4 is 9.54 Å². The van der Waals surface area contributed by atoms with Gasteiger partial charge in [0.1, 0.15) is 28.5 Å². The quantitative estimate of drug-likeness (QED) is 0.674. The molecule has 0 atom stereocenters. The van der Waals surface area contributed by atoms with Crippen LogP contribution in [0.15, 0.2) is 41.4 Å². The molecule has 0 saturated carbocycles. The van der Waals surface area contributed by atoms with Gasteiger partial charge in [-0.25, -0.2) is 8.78 Å². The summed E-state index contributed by atoms with van der Waals surface area (Å²) in [6.07, 6.45) is 5.41. The average molecular weight is 358 g/mol. The number of para-hydroxylation sites is 1. The maximum absolute atomic E-state index is 13.8. The van der Waals surface area contributed by atoms with Crippen LogP contribution in [0.5, 0.6) is 5.75 Å². The predicted octanol–water partition coefficient (Wildman–Crippen LogP) is 3.36. The number of thiazole rings is 1. The van der Waals surface area contributed by atoms with Crippen LogP contribution in [0.2, 0.25) is 0 Å². The zero-order valence-corrected chi connectivity index (χ0v) is 13.9. The molecule has 2 aromatic carbocycles. The van der Waals surface area contributed by atoms with Crippen molar-refractivity contribution in [2.24, 2.45) is 4.99 Å². The van der Waals surface area contributed by atoms with Gasteiger partial charge in [-0.15, -0.1) is 6.42 Å². The lowest BCUT2D eigenvalue weighted by molar-refractivity contribution is 0.0990. The number of carbonyl (C=O) groups is 1. The van der Waals surface area contributed by atoms with Crippen molar-refractivity contribution in [2.75, 3.05) is 7.11 Å². The Balaban J connectivity index is 2.25. The van der Waals surface area contributed by atoms with Gasteiger partial charge in [0.2, 0.25) is 0 Å². The van der Waals surface area contributed by atoms with Gasteiger partial charge < -0.3 is 9.30 Å². The maximum Gasteiger partial charge on any atom is 0.285 e. The molecule has 1 aromatic heterocycles. The maximum atomic E-state index is 13.8. The molecule has 0 unspecified atom stereocenters. The Labute approximate surface area is 146 Å². The number of amides is 1. The van der Waals surface area contributed by atoms with E-state index in [-0.39, 0.29) is 11.3 Å². The number of fused-ring (bicyclic) bond motifs is 1. The van der Waals surface area contributed by atoms with E-state index in [0.29, 0.717) is 11.3 Å². The van der Waals surface area contributed by atoms with E-state index in [9.17, 15) is 13.6 Å². The van der Waals surface area contributed by atoms with Crippen molar-refractivity contribution < 1.29 is 18.3 Å². The third-order valence-electron chi connectivity index (χ3n) is 3.51. The Morgan fingerprint density at radius 3 is 2.60 bits per heavy atom. The minimum atomic E-state index is -1.01. The van der Waals surface area contributed by atoms with E-state index in [2.05, 4.69) is 10.9 Å². The topological polar surface area (TPSA) is 43.6 Å². The van der Waals surface area contributed by atoms with Crippen molar-refractivity contribution in [1.82, 2.24) is 4.57 Å². The summed E-state index contributed by atoms with van der Waals surface area (Å²) in [7, 11) is 1.52. The van der Waals surface area contributed by atoms with Crippen LogP contribution in [-0.4, -0.2) is 17.6 Å². The highest BCUT2D eigenvalue weighted by Gasteiger charge is 2.18. The number of carbonyl (C=O) groups excluding carboxylic acids is 1. The van der Waals surface area contributed by atoms with Crippen LogP contribution in [0.25, 0.3) is 10.2 Å². The number of terminal acetylenes is 1. The molecule has 25 heavy (non-hydrogen) atoms. The number of benzene rings is 2. The normalized spacial score (nSPS) is 11.5. The van der Waals surface area contributed by atoms with Crippen molar-refractivity contribution in [1.29, 1.82) is 0 Å². The first-order chi connectivity index (χ1) is 12.1. The molecular weight excluding hydrogens is 346 g/mol. The van der Waals surface area contributed by atoms with E-state index < -0.39 is 23.1 Å². The molecule has 1 amide bonds. The third-order valence-corrected chi connectivity index (χ3v) is 4.55. The summed E-state index contributed by atoms with van der Waals surface area (Å²) in [4.78, 5) is 16.4. The number of ether oxygens (including phenoxy) is 1. The molecular formula is C18H12F2N2O2S. The highest BCUT2D eigenvalue weighted by molar-refractivity contribution is 7.16. The van der Waals surface area contributed by atoms with Crippen molar-refractivity contribution in [3.63, 3.8) is 0 Å². The fraction of sp³-hybridized carbons (Fsp3) is 0.111. The van der Waals surface area contributed by atoms with E-state index in [4.69, 9.17) is 11.2 Å². The number of aromatic nitrogens is 1. The van der Waals surface area contributed by atoms with Crippen LogP contribution in [0, 0.1) is 24.0 Å². The molecule has 126 valence electrons. The lowest BCUT2D eigenvalue weighted by Crippen LogP contribution is -2.17. The Morgan fingerprint density at radius 2 is 1.96 bits per heavy atom. The van der Waals surface area contributed by atoms with Gasteiger partial charge in [0.15, 0.2) is 4.80 Å². The summed E-state index contributed by atoms with van der Waals surface area (Å²) in [6, 6.07) is 8.57. The third kappa shape index (κ3) is 3.04. The second-order valence-corrected chi connectivity index (χ2v) is 6.00. The number of hydrogen-bond acceptors (Lipinski definition) is 3. The SMILES string of the molecule is C#CCn1c(=NC(=O)c2c(F)cccc2F)sc2cccc(OC)c21. The minimum absolute atomic E-state index is 0.131. The first kappa shape index (κ1) is 16.9. The number of hydrogen-bond donors (Lipinski definition) is 0. The number of methoxy groups -OCH3 is 1. The summed E-state index contributed by atoms with van der Waals surface area (Å²) >= 11 is 1.18. The van der Waals surface area contributed by atoms with Crippen molar-refractivity contribution in [3.05, 3.63) is 58.4 Å². The van der Waals surface area contributed by atoms with E-state index >= 15 is 0 Å². The Hall–Kier alpha value is -2.98. The standard InChI is InChI=1S/C18H12F2N2O2S/c1-3-10-22-16-13(24-2)8-5-9-14(16)25-18(22)21-17(23)15-11(19)6-4-7-12(15)20/h1,4-9H,10H2,2H3. The lowest BCUT2D eigenvalue weighted by atomic mass is 10.2. The predicted molar refractivity (Wildman–Crippen MR) is 91.5 cm³/mol. The van der Waals surface area contributed by atoms with Crippen molar-refractivity contribution in [2.45, 2.75) is 6.54 Å². The number of nitrogens with zero attached hydrogens (tertiary/aromatic N) is 2. The second kappa shape index (κ2) is 6.87. The van der Waals surface area contributed by atoms with Gasteiger partial charge in [-0.3, -0.25) is 4.79 Å². The lowest BCUT2D eigenvalue weighted by Gasteiger charge is -2.05. The number of halogens is 2. The van der Waals surface area contributed by atoms with Gasteiger partial charge in [0.25, 0.3) is 5.91 Å². The first-order valence-electron chi connectivity index (χ1n) is 7.19. The molecule has 0 saturated heterocycles. The van der Waals surface area contributed by atoms with Crippen molar-refractivity contribution >= 4 is 27.5 Å². The van der Waals surface area contributed by atoms with Crippen LogP contribution in [0.4, 0.5) is 8.78 Å². The zero-order valence-electron chi connectivity index (χ0n) is 13.1. The van der Waals surface area contributed by atoms with Crippen LogP contribution in [0.3, 0.4) is 0 Å². The van der Waals surface area contributed by atoms with E-state index in [1.165, 1.54) is 24.5 Å². The molecule has 3 aromatic rings. The molecule has 0 N–H and O–H groups in total. The van der Waals surface area contributed by atoms with Gasteiger partial charge in [0, 0.05) is 0 Å².